The molecule has 13 rings (SSSR count). The lowest BCUT2D eigenvalue weighted by molar-refractivity contribution is 1.18. The molecule has 0 fully saturated rings. The Bertz CT molecular complexity index is 3590. The van der Waals surface area contributed by atoms with E-state index in [2.05, 4.69) is 214 Å². The van der Waals surface area contributed by atoms with Crippen molar-refractivity contribution in [1.82, 2.24) is 8.97 Å². The third kappa shape index (κ3) is 4.33. The number of hydrogen-bond acceptors (Lipinski definition) is 1. The van der Waals surface area contributed by atoms with Gasteiger partial charge in [-0.1, -0.05) is 140 Å². The second-order valence-corrected chi connectivity index (χ2v) is 15.7. The number of nitrogens with zero attached hydrogens (tertiary/aromatic N) is 3. The number of aromatic nitrogens is 2. The molecule has 12 aromatic rings. The first-order valence-electron chi connectivity index (χ1n) is 20.2. The Balaban J connectivity index is 1.05. The molecule has 0 N–H and O–H groups in total. The lowest BCUT2D eigenvalue weighted by Gasteiger charge is -2.27. The van der Waals surface area contributed by atoms with Crippen molar-refractivity contribution in [3.05, 3.63) is 211 Å². The molecule has 0 radical (unpaired) electrons. The molecular formula is C55H35N3. The summed E-state index contributed by atoms with van der Waals surface area (Å²) in [6.45, 7) is 0. The molecular weight excluding hydrogens is 703 g/mol. The van der Waals surface area contributed by atoms with Crippen molar-refractivity contribution in [3.8, 4) is 27.9 Å². The maximum Gasteiger partial charge on any atom is 0.0782 e. The van der Waals surface area contributed by atoms with Crippen LogP contribution >= 0.6 is 0 Å². The molecule has 9 aromatic carbocycles. The van der Waals surface area contributed by atoms with Gasteiger partial charge in [0, 0.05) is 49.4 Å². The Morgan fingerprint density at radius 2 is 0.983 bits per heavy atom. The van der Waals surface area contributed by atoms with Crippen molar-refractivity contribution in [2.75, 3.05) is 4.90 Å². The highest BCUT2D eigenvalue weighted by Crippen LogP contribution is 2.48. The average Bonchev–Trinajstić information content (AvgIpc) is 4.03. The number of benzene rings is 9. The van der Waals surface area contributed by atoms with Crippen molar-refractivity contribution in [2.45, 2.75) is 6.42 Å². The first-order valence-corrected chi connectivity index (χ1v) is 20.2. The van der Waals surface area contributed by atoms with E-state index in [1.807, 2.05) is 0 Å². The van der Waals surface area contributed by atoms with E-state index in [9.17, 15) is 0 Å². The van der Waals surface area contributed by atoms with Crippen molar-refractivity contribution in [1.29, 1.82) is 0 Å². The Morgan fingerprint density at radius 3 is 1.84 bits per heavy atom. The van der Waals surface area contributed by atoms with Crippen LogP contribution in [0.5, 0.6) is 0 Å². The van der Waals surface area contributed by atoms with Gasteiger partial charge in [0.25, 0.3) is 0 Å². The Kier molecular flexibility index (Phi) is 6.50. The quantitative estimate of drug-likeness (QED) is 0.171. The Labute approximate surface area is 335 Å². The van der Waals surface area contributed by atoms with E-state index >= 15 is 0 Å². The van der Waals surface area contributed by atoms with Crippen LogP contribution in [0, 0.1) is 0 Å². The summed E-state index contributed by atoms with van der Waals surface area (Å²) in [6, 6.07) is 73.9. The topological polar surface area (TPSA) is 12.6 Å². The smallest absolute Gasteiger partial charge is 0.0782 e. The minimum atomic E-state index is 0.968. The molecule has 1 aliphatic carbocycles. The number of hydrogen-bond donors (Lipinski definition) is 0. The predicted molar refractivity (Wildman–Crippen MR) is 244 cm³/mol. The maximum atomic E-state index is 2.51. The van der Waals surface area contributed by atoms with Crippen LogP contribution in [0.1, 0.15) is 11.1 Å². The van der Waals surface area contributed by atoms with Gasteiger partial charge in [0.05, 0.1) is 33.3 Å². The van der Waals surface area contributed by atoms with Gasteiger partial charge in [-0.05, 0) is 100 Å². The van der Waals surface area contributed by atoms with Crippen LogP contribution in [0.25, 0.3) is 87.8 Å². The van der Waals surface area contributed by atoms with Gasteiger partial charge in [0.2, 0.25) is 0 Å². The fourth-order valence-corrected chi connectivity index (χ4v) is 10.2. The molecule has 3 nitrogen and oxygen atoms in total. The van der Waals surface area contributed by atoms with Crippen LogP contribution in [0.4, 0.5) is 17.1 Å². The second kappa shape index (κ2) is 11.9. The number of fused-ring (bicyclic) bond motifs is 12. The van der Waals surface area contributed by atoms with Gasteiger partial charge >= 0.3 is 0 Å². The van der Waals surface area contributed by atoms with Gasteiger partial charge in [0.15, 0.2) is 0 Å². The largest absolute Gasteiger partial charge is 0.309 e. The molecule has 0 amide bonds. The van der Waals surface area contributed by atoms with Crippen molar-refractivity contribution in [2.24, 2.45) is 0 Å². The minimum Gasteiger partial charge on any atom is -0.309 e. The number of anilines is 3. The maximum absolute atomic E-state index is 2.51. The summed E-state index contributed by atoms with van der Waals surface area (Å²) in [6.07, 6.45) is 0.968. The summed E-state index contributed by atoms with van der Waals surface area (Å²) in [5.41, 5.74) is 18.6. The van der Waals surface area contributed by atoms with E-state index in [0.717, 1.165) is 23.5 Å². The second-order valence-electron chi connectivity index (χ2n) is 15.7. The summed E-state index contributed by atoms with van der Waals surface area (Å²) in [7, 11) is 0. The van der Waals surface area contributed by atoms with Crippen molar-refractivity contribution >= 4 is 77.0 Å². The first-order chi connectivity index (χ1) is 28.8. The normalized spacial score (nSPS) is 12.4. The van der Waals surface area contributed by atoms with Crippen LogP contribution in [0.2, 0.25) is 0 Å². The molecule has 0 saturated carbocycles. The van der Waals surface area contributed by atoms with Gasteiger partial charge in [-0.15, -0.1) is 0 Å². The average molecular weight is 738 g/mol. The summed E-state index contributed by atoms with van der Waals surface area (Å²) in [5, 5.41) is 7.65. The van der Waals surface area contributed by atoms with E-state index in [0.29, 0.717) is 0 Å². The zero-order valence-electron chi connectivity index (χ0n) is 31.6. The van der Waals surface area contributed by atoms with Crippen LogP contribution in [0.15, 0.2) is 200 Å². The lowest BCUT2D eigenvalue weighted by Crippen LogP contribution is -2.11. The predicted octanol–water partition coefficient (Wildman–Crippen LogP) is 14.6. The summed E-state index contributed by atoms with van der Waals surface area (Å²) < 4.78 is 4.91. The molecule has 3 heterocycles. The van der Waals surface area contributed by atoms with Gasteiger partial charge < -0.3 is 13.9 Å². The van der Waals surface area contributed by atoms with Crippen molar-refractivity contribution in [3.63, 3.8) is 0 Å². The van der Waals surface area contributed by atoms with E-state index in [1.165, 1.54) is 99.0 Å². The number of rotatable bonds is 5. The third-order valence-corrected chi connectivity index (χ3v) is 12.7. The van der Waals surface area contributed by atoms with E-state index in [4.69, 9.17) is 0 Å². The minimum absolute atomic E-state index is 0.968. The van der Waals surface area contributed by atoms with Crippen LogP contribution in [-0.2, 0) is 6.42 Å². The van der Waals surface area contributed by atoms with Gasteiger partial charge in [-0.3, -0.25) is 0 Å². The summed E-state index contributed by atoms with van der Waals surface area (Å²) >= 11 is 0. The molecule has 58 heavy (non-hydrogen) atoms. The van der Waals surface area contributed by atoms with Crippen LogP contribution < -0.4 is 4.90 Å². The van der Waals surface area contributed by atoms with E-state index < -0.39 is 0 Å². The fourth-order valence-electron chi connectivity index (χ4n) is 10.2. The first kappa shape index (κ1) is 31.6. The van der Waals surface area contributed by atoms with Crippen LogP contribution in [-0.4, -0.2) is 8.97 Å². The molecule has 0 aliphatic heterocycles. The fraction of sp³-hybridized carbons (Fsp3) is 0.0182. The highest BCUT2D eigenvalue weighted by Gasteiger charge is 2.25. The van der Waals surface area contributed by atoms with E-state index in [-0.39, 0.29) is 0 Å². The van der Waals surface area contributed by atoms with Gasteiger partial charge in [0.1, 0.15) is 0 Å². The van der Waals surface area contributed by atoms with Gasteiger partial charge in [-0.2, -0.15) is 0 Å². The molecule has 0 spiro atoms. The SMILES string of the molecule is c1ccc(-n2c3ccccc3c3c(-c4ccc(N(c5ccc6c(c5)-c5ccccc5C6)c5cccc6c7cccc8c9ccccc9n(c56)c87)cc4)cccc32)cc1. The molecule has 0 atom stereocenters. The third-order valence-electron chi connectivity index (χ3n) is 12.7. The number of para-hydroxylation sites is 5. The molecule has 0 saturated heterocycles. The summed E-state index contributed by atoms with van der Waals surface area (Å²) in [5.74, 6) is 0. The Hall–Kier alpha value is -7.62. The Morgan fingerprint density at radius 1 is 0.379 bits per heavy atom. The molecule has 0 bridgehead atoms. The highest BCUT2D eigenvalue weighted by molar-refractivity contribution is 6.25. The standard InChI is InChI=1S/C55H35N3/c1-2-14-38(15-3-1)57-50-24-9-7-18-47(50)53-42(19-11-25-51(53)57)35-27-30-39(31-28-35)56(40-32-29-37-33-36-13-4-5-16-41(36)48(37)34-40)52-26-12-22-46-45-21-10-20-44-43-17-6-8-23-49(43)58(54(44)45)55(46)52/h1-32,34H,33H2. The molecule has 1 aliphatic rings. The zero-order valence-corrected chi connectivity index (χ0v) is 31.6. The molecule has 3 heteroatoms. The highest BCUT2D eigenvalue weighted by atomic mass is 15.2. The van der Waals surface area contributed by atoms with Gasteiger partial charge in [-0.25, -0.2) is 0 Å². The van der Waals surface area contributed by atoms with Crippen molar-refractivity contribution < 1.29 is 0 Å². The van der Waals surface area contributed by atoms with E-state index in [1.54, 1.807) is 0 Å². The lowest BCUT2D eigenvalue weighted by atomic mass is 9.98. The molecule has 3 aromatic heterocycles. The van der Waals surface area contributed by atoms with Crippen LogP contribution in [0.3, 0.4) is 0 Å². The monoisotopic (exact) mass is 737 g/mol. The zero-order chi connectivity index (χ0) is 37.9. The summed E-state index contributed by atoms with van der Waals surface area (Å²) in [4.78, 5) is 2.48. The molecule has 270 valence electrons. The molecule has 0 unspecified atom stereocenters.